The molecule has 1 aromatic heterocycles. The van der Waals surface area contributed by atoms with Crippen molar-refractivity contribution >= 4 is 17.7 Å². The molecule has 28 heavy (non-hydrogen) atoms. The SMILES string of the molecule is CCOCCCN=C(NC(=O)c1ccc(C(F)(F)F)cc1)Nc1cc(C)[nH]n1. The van der Waals surface area contributed by atoms with Crippen LogP contribution in [0, 0.1) is 6.92 Å². The number of hydrogen-bond acceptors (Lipinski definition) is 4. The molecule has 152 valence electrons. The molecule has 2 aromatic rings. The minimum atomic E-state index is -4.46. The Morgan fingerprint density at radius 1 is 1.29 bits per heavy atom. The van der Waals surface area contributed by atoms with Crippen LogP contribution in [0.25, 0.3) is 0 Å². The maximum Gasteiger partial charge on any atom is 0.416 e. The Bertz CT molecular complexity index is 800. The van der Waals surface area contributed by atoms with Gasteiger partial charge in [0.1, 0.15) is 0 Å². The van der Waals surface area contributed by atoms with Crippen LogP contribution in [0.15, 0.2) is 35.3 Å². The number of halogens is 3. The van der Waals surface area contributed by atoms with Gasteiger partial charge in [-0.1, -0.05) is 0 Å². The van der Waals surface area contributed by atoms with Gasteiger partial charge in [-0.2, -0.15) is 18.3 Å². The molecule has 10 heteroatoms. The molecule has 3 N–H and O–H groups in total. The average molecular weight is 397 g/mol. The standard InChI is InChI=1S/C18H22F3N5O2/c1-3-28-10-4-9-22-17(23-15-11-12(2)25-26-15)24-16(27)13-5-7-14(8-6-13)18(19,20)21/h5-8,11H,3-4,9-10H2,1-2H3,(H3,22,23,24,25,26,27). The first-order valence-electron chi connectivity index (χ1n) is 8.69. The molecule has 0 aliphatic heterocycles. The Morgan fingerprint density at radius 3 is 2.57 bits per heavy atom. The Labute approximate surface area is 160 Å². The number of rotatable bonds is 7. The summed E-state index contributed by atoms with van der Waals surface area (Å²) >= 11 is 0. The number of ether oxygens (including phenoxy) is 1. The molecular formula is C18H22F3N5O2. The Balaban J connectivity index is 2.06. The van der Waals surface area contributed by atoms with Crippen molar-refractivity contribution in [3.05, 3.63) is 47.2 Å². The third-order valence-electron chi connectivity index (χ3n) is 3.58. The van der Waals surface area contributed by atoms with E-state index in [1.807, 2.05) is 13.8 Å². The zero-order chi connectivity index (χ0) is 20.6. The molecule has 0 bridgehead atoms. The van der Waals surface area contributed by atoms with Crippen molar-refractivity contribution in [3.8, 4) is 0 Å². The highest BCUT2D eigenvalue weighted by Gasteiger charge is 2.30. The van der Waals surface area contributed by atoms with Crippen molar-refractivity contribution < 1.29 is 22.7 Å². The molecule has 1 heterocycles. The van der Waals surface area contributed by atoms with E-state index in [1.54, 1.807) is 6.07 Å². The van der Waals surface area contributed by atoms with E-state index in [-0.39, 0.29) is 11.5 Å². The largest absolute Gasteiger partial charge is 0.416 e. The van der Waals surface area contributed by atoms with Crippen LogP contribution >= 0.6 is 0 Å². The monoisotopic (exact) mass is 397 g/mol. The number of aliphatic imine (C=N–C) groups is 1. The van der Waals surface area contributed by atoms with Gasteiger partial charge in [-0.15, -0.1) is 0 Å². The van der Waals surface area contributed by atoms with Crippen LogP contribution in [0.2, 0.25) is 0 Å². The predicted octanol–water partition coefficient (Wildman–Crippen LogP) is 3.36. The number of hydrogen-bond donors (Lipinski definition) is 3. The number of H-pyrrole nitrogens is 1. The third kappa shape index (κ3) is 6.69. The van der Waals surface area contributed by atoms with Crippen LogP contribution in [0.3, 0.4) is 0 Å². The lowest BCUT2D eigenvalue weighted by Crippen LogP contribution is -2.36. The molecule has 0 radical (unpaired) electrons. The molecule has 0 fully saturated rings. The molecule has 7 nitrogen and oxygen atoms in total. The number of anilines is 1. The second-order valence-corrected chi connectivity index (χ2v) is 5.87. The van der Waals surface area contributed by atoms with Crippen LogP contribution in [0.1, 0.15) is 35.0 Å². The zero-order valence-corrected chi connectivity index (χ0v) is 15.6. The van der Waals surface area contributed by atoms with E-state index >= 15 is 0 Å². The van der Waals surface area contributed by atoms with Gasteiger partial charge in [0.2, 0.25) is 5.96 Å². The first kappa shape index (κ1) is 21.4. The summed E-state index contributed by atoms with van der Waals surface area (Å²) in [7, 11) is 0. The minimum Gasteiger partial charge on any atom is -0.382 e. The average Bonchev–Trinajstić information content (AvgIpc) is 3.05. The smallest absolute Gasteiger partial charge is 0.382 e. The Hall–Kier alpha value is -2.88. The lowest BCUT2D eigenvalue weighted by atomic mass is 10.1. The molecule has 0 saturated carbocycles. The van der Waals surface area contributed by atoms with Gasteiger partial charge >= 0.3 is 6.18 Å². The van der Waals surface area contributed by atoms with Crippen LogP contribution in [-0.2, 0) is 10.9 Å². The quantitative estimate of drug-likeness (QED) is 0.380. The van der Waals surface area contributed by atoms with Gasteiger partial charge in [-0.05, 0) is 44.5 Å². The first-order chi connectivity index (χ1) is 13.3. The fourth-order valence-electron chi connectivity index (χ4n) is 2.21. The summed E-state index contributed by atoms with van der Waals surface area (Å²) in [4.78, 5) is 16.7. The number of carbonyl (C=O) groups is 1. The van der Waals surface area contributed by atoms with Crippen molar-refractivity contribution in [2.45, 2.75) is 26.4 Å². The molecule has 0 spiro atoms. The summed E-state index contributed by atoms with van der Waals surface area (Å²) in [6.07, 6.45) is -3.81. The number of benzene rings is 1. The van der Waals surface area contributed by atoms with Gasteiger partial charge in [0.05, 0.1) is 5.56 Å². The second-order valence-electron chi connectivity index (χ2n) is 5.87. The molecule has 0 atom stereocenters. The summed E-state index contributed by atoms with van der Waals surface area (Å²) in [5, 5.41) is 12.2. The third-order valence-corrected chi connectivity index (χ3v) is 3.58. The van der Waals surface area contributed by atoms with Crippen molar-refractivity contribution in [2.24, 2.45) is 4.99 Å². The number of nitrogens with one attached hydrogen (secondary N) is 3. The van der Waals surface area contributed by atoms with E-state index in [2.05, 4.69) is 25.8 Å². The number of carbonyl (C=O) groups excluding carboxylic acids is 1. The van der Waals surface area contributed by atoms with Crippen LogP contribution in [0.4, 0.5) is 19.0 Å². The van der Waals surface area contributed by atoms with Gasteiger partial charge in [0.15, 0.2) is 5.82 Å². The molecule has 1 amide bonds. The van der Waals surface area contributed by atoms with Gasteiger partial charge in [-0.25, -0.2) is 0 Å². The van der Waals surface area contributed by atoms with Crippen LogP contribution in [0.5, 0.6) is 0 Å². The fourth-order valence-corrected chi connectivity index (χ4v) is 2.21. The van der Waals surface area contributed by atoms with Crippen molar-refractivity contribution in [1.29, 1.82) is 0 Å². The molecule has 0 aliphatic rings. The van der Waals surface area contributed by atoms with E-state index in [0.717, 1.165) is 30.0 Å². The number of aromatic amines is 1. The van der Waals surface area contributed by atoms with Crippen LogP contribution < -0.4 is 10.6 Å². The molecule has 0 unspecified atom stereocenters. The maximum absolute atomic E-state index is 12.7. The number of alkyl halides is 3. The summed E-state index contributed by atoms with van der Waals surface area (Å²) in [5.74, 6) is 0.0127. The highest BCUT2D eigenvalue weighted by atomic mass is 19.4. The summed E-state index contributed by atoms with van der Waals surface area (Å²) < 4.78 is 43.2. The number of aromatic nitrogens is 2. The van der Waals surface area contributed by atoms with Crippen molar-refractivity contribution in [3.63, 3.8) is 0 Å². The number of amides is 1. The van der Waals surface area contributed by atoms with E-state index in [9.17, 15) is 18.0 Å². The van der Waals surface area contributed by atoms with E-state index in [4.69, 9.17) is 4.74 Å². The number of aryl methyl sites for hydroxylation is 1. The molecule has 2 rings (SSSR count). The van der Waals surface area contributed by atoms with Gasteiger partial charge in [0, 0.05) is 37.1 Å². The van der Waals surface area contributed by atoms with Gasteiger partial charge in [-0.3, -0.25) is 20.2 Å². The summed E-state index contributed by atoms with van der Waals surface area (Å²) in [6, 6.07) is 5.67. The Kier molecular flexibility index (Phi) is 7.56. The number of guanidine groups is 1. The fraction of sp³-hybridized carbons (Fsp3) is 0.389. The van der Waals surface area contributed by atoms with Gasteiger partial charge < -0.3 is 10.1 Å². The predicted molar refractivity (Wildman–Crippen MR) is 99.3 cm³/mol. The number of nitrogens with zero attached hydrogens (tertiary/aromatic N) is 2. The summed E-state index contributed by atoms with van der Waals surface area (Å²) in [6.45, 7) is 5.23. The van der Waals surface area contributed by atoms with Crippen LogP contribution in [-0.4, -0.2) is 41.8 Å². The lowest BCUT2D eigenvalue weighted by molar-refractivity contribution is -0.137. The zero-order valence-electron chi connectivity index (χ0n) is 15.6. The van der Waals surface area contributed by atoms with Crippen molar-refractivity contribution in [2.75, 3.05) is 25.1 Å². The Morgan fingerprint density at radius 2 is 2.00 bits per heavy atom. The normalized spacial score (nSPS) is 12.1. The first-order valence-corrected chi connectivity index (χ1v) is 8.69. The lowest BCUT2D eigenvalue weighted by Gasteiger charge is -2.11. The molecular weight excluding hydrogens is 375 g/mol. The van der Waals surface area contributed by atoms with E-state index < -0.39 is 17.6 Å². The minimum absolute atomic E-state index is 0.0787. The molecule has 0 saturated heterocycles. The van der Waals surface area contributed by atoms with Crippen molar-refractivity contribution in [1.82, 2.24) is 15.5 Å². The second kappa shape index (κ2) is 9.88. The van der Waals surface area contributed by atoms with E-state index in [1.165, 1.54) is 0 Å². The summed E-state index contributed by atoms with van der Waals surface area (Å²) in [5.41, 5.74) is 0.0706. The maximum atomic E-state index is 12.7. The topological polar surface area (TPSA) is 91.4 Å². The molecule has 0 aliphatic carbocycles. The highest BCUT2D eigenvalue weighted by molar-refractivity contribution is 6.09. The van der Waals surface area contributed by atoms with E-state index in [0.29, 0.717) is 32.0 Å². The molecule has 1 aromatic carbocycles. The van der Waals surface area contributed by atoms with Gasteiger partial charge in [0.25, 0.3) is 5.91 Å². The highest BCUT2D eigenvalue weighted by Crippen LogP contribution is 2.29.